The van der Waals surface area contributed by atoms with Crippen molar-refractivity contribution in [2.24, 2.45) is 5.73 Å². The van der Waals surface area contributed by atoms with Gasteiger partial charge in [-0.3, -0.25) is 5.32 Å². The first-order valence-corrected chi connectivity index (χ1v) is 6.54. The van der Waals surface area contributed by atoms with Crippen molar-refractivity contribution in [2.75, 3.05) is 19.0 Å². The van der Waals surface area contributed by atoms with E-state index in [1.165, 1.54) is 7.11 Å². The average molecular weight is 294 g/mol. The van der Waals surface area contributed by atoms with Gasteiger partial charge in [0.05, 0.1) is 12.8 Å². The standard InChI is InChI=1S/C15H22N2O4/c1-15(2,3)21-14(19)17-11-8-10(6-5-7-16)9-12(20-4)13(11)18/h5-6,8-9,18H,7,16H2,1-4H3,(H,17,19)/b6-5+. The minimum Gasteiger partial charge on any atom is -0.503 e. The van der Waals surface area contributed by atoms with E-state index in [1.807, 2.05) is 0 Å². The highest BCUT2D eigenvalue weighted by molar-refractivity contribution is 5.88. The Morgan fingerprint density at radius 2 is 2.10 bits per heavy atom. The Bertz CT molecular complexity index is 533. The van der Waals surface area contributed by atoms with E-state index in [-0.39, 0.29) is 17.2 Å². The zero-order chi connectivity index (χ0) is 16.0. The molecule has 1 aromatic carbocycles. The van der Waals surface area contributed by atoms with Crippen molar-refractivity contribution in [3.63, 3.8) is 0 Å². The molecule has 116 valence electrons. The van der Waals surface area contributed by atoms with E-state index in [0.717, 1.165) is 5.56 Å². The van der Waals surface area contributed by atoms with Gasteiger partial charge in [0.2, 0.25) is 0 Å². The molecule has 6 nitrogen and oxygen atoms in total. The van der Waals surface area contributed by atoms with Crippen molar-refractivity contribution in [3.8, 4) is 11.5 Å². The van der Waals surface area contributed by atoms with Gasteiger partial charge in [-0.1, -0.05) is 12.2 Å². The van der Waals surface area contributed by atoms with Crippen LogP contribution in [-0.2, 0) is 4.74 Å². The van der Waals surface area contributed by atoms with Crippen molar-refractivity contribution >= 4 is 17.9 Å². The number of carbonyl (C=O) groups excluding carboxylic acids is 1. The molecular formula is C15H22N2O4. The fourth-order valence-electron chi connectivity index (χ4n) is 1.59. The molecule has 1 rings (SSSR count). The Balaban J connectivity index is 3.04. The Hall–Kier alpha value is -2.21. The molecule has 1 amide bonds. The van der Waals surface area contributed by atoms with Gasteiger partial charge in [-0.2, -0.15) is 0 Å². The Morgan fingerprint density at radius 1 is 1.43 bits per heavy atom. The minimum absolute atomic E-state index is 0.159. The number of benzene rings is 1. The summed E-state index contributed by atoms with van der Waals surface area (Å²) in [6.07, 6.45) is 2.87. The number of amides is 1. The maximum atomic E-state index is 11.8. The molecule has 0 unspecified atom stereocenters. The monoisotopic (exact) mass is 294 g/mol. The molecule has 0 saturated carbocycles. The lowest BCUT2D eigenvalue weighted by Crippen LogP contribution is -2.27. The maximum Gasteiger partial charge on any atom is 0.412 e. The number of rotatable bonds is 4. The normalized spacial score (nSPS) is 11.5. The van der Waals surface area contributed by atoms with Crippen LogP contribution < -0.4 is 15.8 Å². The zero-order valence-electron chi connectivity index (χ0n) is 12.8. The van der Waals surface area contributed by atoms with Crippen molar-refractivity contribution < 1.29 is 19.4 Å². The van der Waals surface area contributed by atoms with Crippen molar-refractivity contribution in [2.45, 2.75) is 26.4 Å². The van der Waals surface area contributed by atoms with E-state index in [4.69, 9.17) is 15.2 Å². The first-order valence-electron chi connectivity index (χ1n) is 6.54. The molecule has 0 aliphatic rings. The highest BCUT2D eigenvalue weighted by atomic mass is 16.6. The van der Waals surface area contributed by atoms with E-state index in [0.29, 0.717) is 6.54 Å². The van der Waals surface area contributed by atoms with E-state index >= 15 is 0 Å². The largest absolute Gasteiger partial charge is 0.503 e. The molecule has 0 bridgehead atoms. The van der Waals surface area contributed by atoms with Gasteiger partial charge in [-0.25, -0.2) is 4.79 Å². The molecule has 4 N–H and O–H groups in total. The second-order valence-electron chi connectivity index (χ2n) is 5.38. The van der Waals surface area contributed by atoms with E-state index < -0.39 is 11.7 Å². The third kappa shape index (κ3) is 5.35. The van der Waals surface area contributed by atoms with Gasteiger partial charge in [0.15, 0.2) is 11.5 Å². The predicted octanol–water partition coefficient (Wildman–Crippen LogP) is 2.72. The number of hydrogen-bond donors (Lipinski definition) is 3. The highest BCUT2D eigenvalue weighted by Gasteiger charge is 2.18. The molecule has 0 saturated heterocycles. The summed E-state index contributed by atoms with van der Waals surface area (Å²) in [5.74, 6) is 0.0912. The van der Waals surface area contributed by atoms with E-state index in [1.54, 1.807) is 45.1 Å². The first kappa shape index (κ1) is 16.8. The maximum absolute atomic E-state index is 11.8. The molecule has 21 heavy (non-hydrogen) atoms. The van der Waals surface area contributed by atoms with Gasteiger partial charge in [0.1, 0.15) is 5.60 Å². The molecule has 0 aromatic heterocycles. The number of phenols is 1. The number of aromatic hydroxyl groups is 1. The third-order valence-electron chi connectivity index (χ3n) is 2.40. The van der Waals surface area contributed by atoms with Gasteiger partial charge in [0, 0.05) is 6.54 Å². The molecular weight excluding hydrogens is 272 g/mol. The summed E-state index contributed by atoms with van der Waals surface area (Å²) in [5.41, 5.74) is 5.73. The van der Waals surface area contributed by atoms with Crippen LogP contribution in [0.5, 0.6) is 11.5 Å². The van der Waals surface area contributed by atoms with Crippen LogP contribution in [-0.4, -0.2) is 30.5 Å². The van der Waals surface area contributed by atoms with Crippen LogP contribution in [0.3, 0.4) is 0 Å². The van der Waals surface area contributed by atoms with Gasteiger partial charge >= 0.3 is 6.09 Å². The second-order valence-corrected chi connectivity index (χ2v) is 5.38. The quantitative estimate of drug-likeness (QED) is 0.742. The molecule has 0 spiro atoms. The van der Waals surface area contributed by atoms with Crippen molar-refractivity contribution in [1.29, 1.82) is 0 Å². The Kier molecular flexibility index (Phi) is 5.60. The topological polar surface area (TPSA) is 93.8 Å². The smallest absolute Gasteiger partial charge is 0.412 e. The molecule has 0 fully saturated rings. The molecule has 1 aromatic rings. The number of nitrogens with one attached hydrogen (secondary N) is 1. The molecule has 0 heterocycles. The van der Waals surface area contributed by atoms with Crippen LogP contribution in [0, 0.1) is 0 Å². The third-order valence-corrected chi connectivity index (χ3v) is 2.40. The highest BCUT2D eigenvalue weighted by Crippen LogP contribution is 2.36. The summed E-state index contributed by atoms with van der Waals surface area (Å²) in [6, 6.07) is 3.25. The number of phenolic OH excluding ortho intramolecular Hbond substituents is 1. The molecule has 0 atom stereocenters. The summed E-state index contributed by atoms with van der Waals surface area (Å²) >= 11 is 0. The molecule has 0 radical (unpaired) electrons. The minimum atomic E-state index is -0.653. The lowest BCUT2D eigenvalue weighted by Gasteiger charge is -2.20. The summed E-state index contributed by atoms with van der Waals surface area (Å²) in [6.45, 7) is 5.66. The molecule has 6 heteroatoms. The second kappa shape index (κ2) is 6.99. The number of carbonyl (C=O) groups is 1. The SMILES string of the molecule is COc1cc(/C=C/CN)cc(NC(=O)OC(C)(C)C)c1O. The van der Waals surface area contributed by atoms with Crippen LogP contribution in [0.25, 0.3) is 6.08 Å². The number of ether oxygens (including phenoxy) is 2. The number of hydrogen-bond acceptors (Lipinski definition) is 5. The first-order chi connectivity index (χ1) is 9.76. The van der Waals surface area contributed by atoms with E-state index in [2.05, 4.69) is 5.32 Å². The zero-order valence-corrected chi connectivity index (χ0v) is 12.8. The van der Waals surface area contributed by atoms with Crippen LogP contribution in [0.15, 0.2) is 18.2 Å². The van der Waals surface area contributed by atoms with Crippen LogP contribution in [0.4, 0.5) is 10.5 Å². The van der Waals surface area contributed by atoms with Crippen LogP contribution >= 0.6 is 0 Å². The average Bonchev–Trinajstić information content (AvgIpc) is 2.37. The van der Waals surface area contributed by atoms with E-state index in [9.17, 15) is 9.90 Å². The van der Waals surface area contributed by atoms with Gasteiger partial charge in [-0.05, 0) is 38.5 Å². The van der Waals surface area contributed by atoms with Gasteiger partial charge in [-0.15, -0.1) is 0 Å². The lowest BCUT2D eigenvalue weighted by molar-refractivity contribution is 0.0635. The Morgan fingerprint density at radius 3 is 2.62 bits per heavy atom. The fourth-order valence-corrected chi connectivity index (χ4v) is 1.59. The van der Waals surface area contributed by atoms with Crippen LogP contribution in [0.2, 0.25) is 0 Å². The van der Waals surface area contributed by atoms with Crippen LogP contribution in [0.1, 0.15) is 26.3 Å². The lowest BCUT2D eigenvalue weighted by atomic mass is 10.1. The van der Waals surface area contributed by atoms with Gasteiger partial charge < -0.3 is 20.3 Å². The van der Waals surface area contributed by atoms with Gasteiger partial charge in [0.25, 0.3) is 0 Å². The summed E-state index contributed by atoms with van der Waals surface area (Å²) in [7, 11) is 1.43. The number of anilines is 1. The molecule has 0 aliphatic heterocycles. The summed E-state index contributed by atoms with van der Waals surface area (Å²) in [5, 5.41) is 12.5. The number of nitrogens with two attached hydrogens (primary N) is 1. The number of methoxy groups -OCH3 is 1. The predicted molar refractivity (Wildman–Crippen MR) is 82.6 cm³/mol. The van der Waals surface area contributed by atoms with Crippen molar-refractivity contribution in [1.82, 2.24) is 0 Å². The van der Waals surface area contributed by atoms with Crippen molar-refractivity contribution in [3.05, 3.63) is 23.8 Å². The molecule has 0 aliphatic carbocycles. The summed E-state index contributed by atoms with van der Waals surface area (Å²) < 4.78 is 10.2. The summed E-state index contributed by atoms with van der Waals surface area (Å²) in [4.78, 5) is 11.8. The fraction of sp³-hybridized carbons (Fsp3) is 0.400. The Labute approximate surface area is 124 Å².